The molecule has 1 aliphatic heterocycles. The van der Waals surface area contributed by atoms with E-state index >= 15 is 0 Å². The highest BCUT2D eigenvalue weighted by atomic mass is 16.7. The molecule has 0 amide bonds. The highest BCUT2D eigenvalue weighted by Crippen LogP contribution is 2.37. The van der Waals surface area contributed by atoms with Gasteiger partial charge in [0.1, 0.15) is 0 Å². The number of benzene rings is 4. The maximum Gasteiger partial charge on any atom is 0.494 e. The molecule has 1 aliphatic rings. The summed E-state index contributed by atoms with van der Waals surface area (Å²) in [6, 6.07) is 32.2. The predicted octanol–water partition coefficient (Wildman–Crippen LogP) is 6.47. The van der Waals surface area contributed by atoms with Gasteiger partial charge in [-0.05, 0) is 66.2 Å². The fourth-order valence-corrected chi connectivity index (χ4v) is 4.16. The van der Waals surface area contributed by atoms with Gasteiger partial charge in [-0.15, -0.1) is 0 Å². The molecule has 0 aromatic heterocycles. The van der Waals surface area contributed by atoms with Gasteiger partial charge in [-0.1, -0.05) is 91.0 Å². The van der Waals surface area contributed by atoms with Gasteiger partial charge in [0.25, 0.3) is 0 Å². The zero-order valence-electron chi connectivity index (χ0n) is 18.6. The van der Waals surface area contributed by atoms with Crippen LogP contribution in [0, 0.1) is 0 Å². The summed E-state index contributed by atoms with van der Waals surface area (Å²) in [6.45, 7) is 8.38. The first-order valence-electron chi connectivity index (χ1n) is 10.9. The molecule has 0 radical (unpaired) electrons. The van der Waals surface area contributed by atoms with E-state index < -0.39 is 0 Å². The van der Waals surface area contributed by atoms with Crippen molar-refractivity contribution in [1.82, 2.24) is 0 Å². The van der Waals surface area contributed by atoms with Crippen LogP contribution in [-0.4, -0.2) is 18.3 Å². The minimum atomic E-state index is -0.378. The van der Waals surface area contributed by atoms with Crippen molar-refractivity contribution in [1.29, 1.82) is 0 Å². The van der Waals surface area contributed by atoms with Gasteiger partial charge in [-0.3, -0.25) is 0 Å². The van der Waals surface area contributed by atoms with Crippen LogP contribution in [0.2, 0.25) is 0 Å². The van der Waals surface area contributed by atoms with E-state index in [2.05, 4.69) is 113 Å². The summed E-state index contributed by atoms with van der Waals surface area (Å²) in [7, 11) is -0.378. The smallest absolute Gasteiger partial charge is 0.399 e. The summed E-state index contributed by atoms with van der Waals surface area (Å²) in [5.74, 6) is 0. The highest BCUT2D eigenvalue weighted by Gasteiger charge is 2.51. The fraction of sp³-hybridized carbons (Fsp3) is 0.214. The lowest BCUT2D eigenvalue weighted by atomic mass is 9.76. The molecule has 1 saturated heterocycles. The normalized spacial score (nSPS) is 17.2. The van der Waals surface area contributed by atoms with Gasteiger partial charge >= 0.3 is 7.12 Å². The Morgan fingerprint density at radius 1 is 0.581 bits per heavy atom. The third-order valence-corrected chi connectivity index (χ3v) is 6.71. The van der Waals surface area contributed by atoms with Crippen LogP contribution in [0.1, 0.15) is 27.7 Å². The Morgan fingerprint density at radius 2 is 1.13 bits per heavy atom. The SMILES string of the molecule is CC1(C)OB(c2cc(-c3ccc(-c4ccccc4)cc3)c3ccccc3c2)OC1(C)C. The molecule has 0 bridgehead atoms. The molecule has 31 heavy (non-hydrogen) atoms. The van der Waals surface area contributed by atoms with E-state index in [1.165, 1.54) is 33.0 Å². The molecule has 1 heterocycles. The summed E-state index contributed by atoms with van der Waals surface area (Å²) < 4.78 is 12.7. The van der Waals surface area contributed by atoms with Crippen molar-refractivity contribution in [2.45, 2.75) is 38.9 Å². The van der Waals surface area contributed by atoms with Crippen LogP contribution in [0.15, 0.2) is 91.0 Å². The Balaban J connectivity index is 1.59. The molecule has 3 heteroatoms. The summed E-state index contributed by atoms with van der Waals surface area (Å²) in [4.78, 5) is 0. The van der Waals surface area contributed by atoms with Gasteiger partial charge in [-0.25, -0.2) is 0 Å². The minimum absolute atomic E-state index is 0.360. The molecule has 0 atom stereocenters. The summed E-state index contributed by atoms with van der Waals surface area (Å²) in [6.07, 6.45) is 0. The lowest BCUT2D eigenvalue weighted by Crippen LogP contribution is -2.41. The molecule has 154 valence electrons. The molecule has 4 aromatic carbocycles. The Kier molecular flexibility index (Phi) is 4.77. The average Bonchev–Trinajstić information content (AvgIpc) is 3.00. The molecular weight excluding hydrogens is 379 g/mol. The van der Waals surface area contributed by atoms with Crippen molar-refractivity contribution < 1.29 is 9.31 Å². The van der Waals surface area contributed by atoms with E-state index in [0.717, 1.165) is 5.46 Å². The number of hydrogen-bond acceptors (Lipinski definition) is 2. The largest absolute Gasteiger partial charge is 0.494 e. The maximum absolute atomic E-state index is 6.34. The van der Waals surface area contributed by atoms with Crippen LogP contribution in [0.5, 0.6) is 0 Å². The maximum atomic E-state index is 6.34. The van der Waals surface area contributed by atoms with Gasteiger partial charge in [0.15, 0.2) is 0 Å². The number of hydrogen-bond donors (Lipinski definition) is 0. The van der Waals surface area contributed by atoms with E-state index in [9.17, 15) is 0 Å². The van der Waals surface area contributed by atoms with Crippen molar-refractivity contribution in [2.75, 3.05) is 0 Å². The van der Waals surface area contributed by atoms with Gasteiger partial charge < -0.3 is 9.31 Å². The van der Waals surface area contributed by atoms with E-state index in [1.54, 1.807) is 0 Å². The Morgan fingerprint density at radius 3 is 1.81 bits per heavy atom. The molecule has 0 spiro atoms. The molecular formula is C28H27BO2. The Labute approximate surface area is 185 Å². The molecule has 4 aromatic rings. The van der Waals surface area contributed by atoms with Gasteiger partial charge in [0.2, 0.25) is 0 Å². The van der Waals surface area contributed by atoms with E-state index in [-0.39, 0.29) is 18.3 Å². The van der Waals surface area contributed by atoms with Crippen LogP contribution < -0.4 is 5.46 Å². The number of rotatable bonds is 3. The second-order valence-corrected chi connectivity index (χ2v) is 9.32. The lowest BCUT2D eigenvalue weighted by Gasteiger charge is -2.32. The van der Waals surface area contributed by atoms with Crippen LogP contribution in [0.3, 0.4) is 0 Å². The topological polar surface area (TPSA) is 18.5 Å². The Bertz CT molecular complexity index is 1210. The van der Waals surface area contributed by atoms with Crippen LogP contribution in [-0.2, 0) is 9.31 Å². The van der Waals surface area contributed by atoms with Crippen LogP contribution in [0.4, 0.5) is 0 Å². The molecule has 0 saturated carbocycles. The van der Waals surface area contributed by atoms with Crippen molar-refractivity contribution in [2.24, 2.45) is 0 Å². The molecule has 2 nitrogen and oxygen atoms in total. The summed E-state index contributed by atoms with van der Waals surface area (Å²) >= 11 is 0. The molecule has 5 rings (SSSR count). The molecule has 0 unspecified atom stereocenters. The van der Waals surface area contributed by atoms with Crippen molar-refractivity contribution in [3.05, 3.63) is 91.0 Å². The zero-order valence-corrected chi connectivity index (χ0v) is 18.6. The second-order valence-electron chi connectivity index (χ2n) is 9.32. The minimum Gasteiger partial charge on any atom is -0.399 e. The lowest BCUT2D eigenvalue weighted by molar-refractivity contribution is 0.00578. The van der Waals surface area contributed by atoms with Crippen molar-refractivity contribution in [3.8, 4) is 22.3 Å². The third kappa shape index (κ3) is 3.58. The van der Waals surface area contributed by atoms with Crippen molar-refractivity contribution >= 4 is 23.4 Å². The van der Waals surface area contributed by atoms with Gasteiger partial charge in [0, 0.05) is 0 Å². The first-order valence-corrected chi connectivity index (χ1v) is 10.9. The summed E-state index contributed by atoms with van der Waals surface area (Å²) in [5.41, 5.74) is 5.17. The highest BCUT2D eigenvalue weighted by molar-refractivity contribution is 6.62. The predicted molar refractivity (Wildman–Crippen MR) is 131 cm³/mol. The van der Waals surface area contributed by atoms with Crippen LogP contribution >= 0.6 is 0 Å². The van der Waals surface area contributed by atoms with Crippen LogP contribution in [0.25, 0.3) is 33.0 Å². The van der Waals surface area contributed by atoms with Crippen molar-refractivity contribution in [3.63, 3.8) is 0 Å². The van der Waals surface area contributed by atoms with E-state index in [1.807, 2.05) is 6.07 Å². The second kappa shape index (κ2) is 7.37. The number of fused-ring (bicyclic) bond motifs is 1. The quantitative estimate of drug-likeness (QED) is 0.363. The van der Waals surface area contributed by atoms with E-state index in [0.29, 0.717) is 0 Å². The first-order chi connectivity index (χ1) is 14.8. The van der Waals surface area contributed by atoms with E-state index in [4.69, 9.17) is 9.31 Å². The standard InChI is InChI=1S/C28H27BO2/c1-27(2)28(3,4)31-29(30-27)24-18-23-12-8-9-13-25(23)26(19-24)22-16-14-21(15-17-22)20-10-6-5-7-11-20/h5-19H,1-4H3. The third-order valence-electron chi connectivity index (χ3n) is 6.71. The molecule has 0 N–H and O–H groups in total. The Hall–Kier alpha value is -2.88. The monoisotopic (exact) mass is 406 g/mol. The first kappa shape index (κ1) is 20.1. The zero-order chi connectivity index (χ0) is 21.6. The molecule has 1 fully saturated rings. The molecule has 0 aliphatic carbocycles. The fourth-order valence-electron chi connectivity index (χ4n) is 4.16. The van der Waals surface area contributed by atoms with Gasteiger partial charge in [0.05, 0.1) is 11.2 Å². The van der Waals surface area contributed by atoms with Gasteiger partial charge in [-0.2, -0.15) is 0 Å². The average molecular weight is 406 g/mol. The summed E-state index contributed by atoms with van der Waals surface area (Å²) in [5, 5.41) is 2.42.